The summed E-state index contributed by atoms with van der Waals surface area (Å²) in [4.78, 5) is 25.0. The Kier molecular flexibility index (Phi) is 6.11. The Morgan fingerprint density at radius 2 is 2.10 bits per heavy atom. The van der Waals surface area contributed by atoms with Gasteiger partial charge in [0.2, 0.25) is 5.91 Å². The number of hydrogen-bond donors (Lipinski definition) is 1. The van der Waals surface area contributed by atoms with Gasteiger partial charge >= 0.3 is 5.97 Å². The van der Waals surface area contributed by atoms with Crippen LogP contribution in [0.4, 0.5) is 0 Å². The molecule has 0 atom stereocenters. The maximum Gasteiger partial charge on any atom is 0.328 e. The van der Waals surface area contributed by atoms with Crippen molar-refractivity contribution in [2.75, 3.05) is 13.7 Å². The van der Waals surface area contributed by atoms with Crippen molar-refractivity contribution in [1.29, 1.82) is 0 Å². The van der Waals surface area contributed by atoms with E-state index in [1.54, 1.807) is 11.9 Å². The normalized spacial score (nSPS) is 11.8. The molecule has 0 aliphatic heterocycles. The van der Waals surface area contributed by atoms with Gasteiger partial charge in [-0.15, -0.1) is 11.3 Å². The maximum atomic E-state index is 11.9. The van der Waals surface area contributed by atoms with Crippen LogP contribution in [0.25, 0.3) is 6.08 Å². The average molecular weight is 311 g/mol. The monoisotopic (exact) mass is 311 g/mol. The van der Waals surface area contributed by atoms with E-state index in [-0.39, 0.29) is 18.1 Å². The highest BCUT2D eigenvalue weighted by molar-refractivity contribution is 7.10. The van der Waals surface area contributed by atoms with Crippen LogP contribution < -0.4 is 0 Å². The standard InChI is InChI=1S/C15H21NO4S/c1-15(2,3)20-9-13(17)16(4)8-12-7-11(10-21-12)5-6-14(18)19/h5-7,10H,8-9H2,1-4H3,(H,18,19)/b6-5+. The Morgan fingerprint density at radius 3 is 2.67 bits per heavy atom. The molecule has 0 unspecified atom stereocenters. The highest BCUT2D eigenvalue weighted by Crippen LogP contribution is 2.18. The maximum absolute atomic E-state index is 11.9. The number of carboxylic acids is 1. The summed E-state index contributed by atoms with van der Waals surface area (Å²) in [7, 11) is 1.72. The summed E-state index contributed by atoms with van der Waals surface area (Å²) in [6.45, 7) is 6.25. The van der Waals surface area contributed by atoms with Crippen LogP contribution in [0.15, 0.2) is 17.5 Å². The lowest BCUT2D eigenvalue weighted by molar-refractivity contribution is -0.140. The summed E-state index contributed by atoms with van der Waals surface area (Å²) in [5.74, 6) is -1.06. The van der Waals surface area contributed by atoms with E-state index in [1.165, 1.54) is 17.4 Å². The first-order valence-corrected chi connectivity index (χ1v) is 7.41. The third-order valence-electron chi connectivity index (χ3n) is 2.54. The first-order valence-electron chi connectivity index (χ1n) is 6.54. The highest BCUT2D eigenvalue weighted by atomic mass is 32.1. The zero-order valence-electron chi connectivity index (χ0n) is 12.8. The van der Waals surface area contributed by atoms with Crippen LogP contribution in [-0.4, -0.2) is 41.1 Å². The lowest BCUT2D eigenvalue weighted by atomic mass is 10.2. The van der Waals surface area contributed by atoms with Gasteiger partial charge in [-0.3, -0.25) is 4.79 Å². The average Bonchev–Trinajstić information content (AvgIpc) is 2.80. The second-order valence-corrected chi connectivity index (χ2v) is 6.66. The minimum Gasteiger partial charge on any atom is -0.478 e. The minimum atomic E-state index is -0.977. The number of carbonyl (C=O) groups is 2. The SMILES string of the molecule is CN(Cc1cc(/C=C/C(=O)O)cs1)C(=O)COC(C)(C)C. The van der Waals surface area contributed by atoms with E-state index in [2.05, 4.69) is 0 Å². The predicted octanol–water partition coefficient (Wildman–Crippen LogP) is 2.62. The van der Waals surface area contributed by atoms with Crippen molar-refractivity contribution in [3.8, 4) is 0 Å². The van der Waals surface area contributed by atoms with E-state index in [4.69, 9.17) is 9.84 Å². The number of rotatable bonds is 6. The topological polar surface area (TPSA) is 66.8 Å². The number of thiophene rings is 1. The van der Waals surface area contributed by atoms with Crippen molar-refractivity contribution in [2.45, 2.75) is 32.9 Å². The number of nitrogens with zero attached hydrogens (tertiary/aromatic N) is 1. The van der Waals surface area contributed by atoms with Crippen LogP contribution in [0.2, 0.25) is 0 Å². The summed E-state index contributed by atoms with van der Waals surface area (Å²) < 4.78 is 5.46. The number of hydrogen-bond acceptors (Lipinski definition) is 4. The number of amides is 1. The molecule has 0 bridgehead atoms. The molecular formula is C15H21NO4S. The first kappa shape index (κ1) is 17.4. The van der Waals surface area contributed by atoms with Gasteiger partial charge in [0.1, 0.15) is 6.61 Å². The van der Waals surface area contributed by atoms with Gasteiger partial charge in [-0.1, -0.05) is 0 Å². The molecule has 116 valence electrons. The molecule has 0 saturated carbocycles. The fourth-order valence-corrected chi connectivity index (χ4v) is 2.35. The molecule has 1 rings (SSSR count). The van der Waals surface area contributed by atoms with E-state index < -0.39 is 5.97 Å². The van der Waals surface area contributed by atoms with E-state index in [0.717, 1.165) is 16.5 Å². The summed E-state index contributed by atoms with van der Waals surface area (Å²) in [6.07, 6.45) is 2.63. The highest BCUT2D eigenvalue weighted by Gasteiger charge is 2.16. The minimum absolute atomic E-state index is 0.0527. The van der Waals surface area contributed by atoms with E-state index in [9.17, 15) is 9.59 Å². The molecule has 0 saturated heterocycles. The molecule has 1 amide bonds. The van der Waals surface area contributed by atoms with Crippen LogP contribution in [0, 0.1) is 0 Å². The molecule has 1 aromatic rings. The predicted molar refractivity (Wildman–Crippen MR) is 83.2 cm³/mol. The largest absolute Gasteiger partial charge is 0.478 e. The first-order chi connectivity index (χ1) is 9.67. The van der Waals surface area contributed by atoms with E-state index >= 15 is 0 Å². The van der Waals surface area contributed by atoms with E-state index in [1.807, 2.05) is 32.2 Å². The number of likely N-dealkylation sites (N-methyl/N-ethyl adjacent to an activating group) is 1. The molecule has 0 aromatic carbocycles. The molecule has 6 heteroatoms. The Balaban J connectivity index is 2.53. The van der Waals surface area contributed by atoms with E-state index in [0.29, 0.717) is 6.54 Å². The van der Waals surface area contributed by atoms with Gasteiger partial charge < -0.3 is 14.7 Å². The lowest BCUT2D eigenvalue weighted by Gasteiger charge is -2.22. The fraction of sp³-hybridized carbons (Fsp3) is 0.467. The Labute approximate surface area is 128 Å². The van der Waals surface area contributed by atoms with Gasteiger partial charge in [0.25, 0.3) is 0 Å². The Bertz CT molecular complexity index is 528. The molecule has 5 nitrogen and oxygen atoms in total. The van der Waals surface area contributed by atoms with Crippen LogP contribution in [0.1, 0.15) is 31.2 Å². The summed E-state index contributed by atoms with van der Waals surface area (Å²) in [6, 6.07) is 1.87. The number of ether oxygens (including phenoxy) is 1. The van der Waals surface area contributed by atoms with Crippen LogP contribution >= 0.6 is 11.3 Å². The summed E-state index contributed by atoms with van der Waals surface area (Å²) in [5.41, 5.74) is 0.484. The van der Waals surface area contributed by atoms with Gasteiger partial charge in [-0.2, -0.15) is 0 Å². The van der Waals surface area contributed by atoms with Crippen molar-refractivity contribution >= 4 is 29.3 Å². The van der Waals surface area contributed by atoms with Gasteiger partial charge in [-0.05, 0) is 43.9 Å². The smallest absolute Gasteiger partial charge is 0.328 e. The van der Waals surface area contributed by atoms with Gasteiger partial charge in [0.05, 0.1) is 12.1 Å². The summed E-state index contributed by atoms with van der Waals surface area (Å²) >= 11 is 1.49. The molecular weight excluding hydrogens is 290 g/mol. The van der Waals surface area contributed by atoms with Gasteiger partial charge in [0, 0.05) is 18.0 Å². The van der Waals surface area contributed by atoms with Crippen molar-refractivity contribution in [3.05, 3.63) is 28.0 Å². The molecule has 21 heavy (non-hydrogen) atoms. The van der Waals surface area contributed by atoms with Gasteiger partial charge in [-0.25, -0.2) is 4.79 Å². The second kappa shape index (κ2) is 7.38. The number of carboxylic acid groups (broad SMARTS) is 1. The zero-order chi connectivity index (χ0) is 16.0. The van der Waals surface area contributed by atoms with Crippen molar-refractivity contribution in [3.63, 3.8) is 0 Å². The molecule has 1 aromatic heterocycles. The van der Waals surface area contributed by atoms with Crippen LogP contribution in [0.3, 0.4) is 0 Å². The third kappa shape index (κ3) is 7.06. The molecule has 0 aliphatic rings. The summed E-state index contributed by atoms with van der Waals surface area (Å²) in [5, 5.41) is 10.4. The molecule has 1 N–H and O–H groups in total. The molecule has 0 aliphatic carbocycles. The Hall–Kier alpha value is -1.66. The number of carbonyl (C=O) groups excluding carboxylic acids is 1. The van der Waals surface area contributed by atoms with Gasteiger partial charge in [0.15, 0.2) is 0 Å². The van der Waals surface area contributed by atoms with Crippen LogP contribution in [-0.2, 0) is 20.9 Å². The fourth-order valence-electron chi connectivity index (χ4n) is 1.45. The molecule has 1 heterocycles. The molecule has 0 fully saturated rings. The van der Waals surface area contributed by atoms with Crippen molar-refractivity contribution in [1.82, 2.24) is 4.90 Å². The molecule has 0 radical (unpaired) electrons. The van der Waals surface area contributed by atoms with Crippen molar-refractivity contribution in [2.24, 2.45) is 0 Å². The zero-order valence-corrected chi connectivity index (χ0v) is 13.6. The lowest BCUT2D eigenvalue weighted by Crippen LogP contribution is -2.33. The second-order valence-electron chi connectivity index (χ2n) is 5.67. The van der Waals surface area contributed by atoms with Crippen molar-refractivity contribution < 1.29 is 19.4 Å². The van der Waals surface area contributed by atoms with Crippen LogP contribution in [0.5, 0.6) is 0 Å². The Morgan fingerprint density at radius 1 is 1.43 bits per heavy atom. The quantitative estimate of drug-likeness (QED) is 0.820. The third-order valence-corrected chi connectivity index (χ3v) is 3.48. The molecule has 0 spiro atoms. The number of aliphatic carboxylic acids is 1.